The maximum atomic E-state index is 5.58. The first-order chi connectivity index (χ1) is 7.86. The molecule has 1 aromatic carbocycles. The Kier molecular flexibility index (Phi) is 8.64. The molecule has 1 aliphatic rings. The molecule has 2 nitrogen and oxygen atoms in total. The number of benzene rings is 1. The Morgan fingerprint density at radius 1 is 1.06 bits per heavy atom. The third kappa shape index (κ3) is 4.67. The molecule has 0 spiro atoms. The van der Waals surface area contributed by atoms with Crippen LogP contribution in [0.25, 0.3) is 0 Å². The van der Waals surface area contributed by atoms with Crippen molar-refractivity contribution in [2.75, 3.05) is 20.2 Å². The summed E-state index contributed by atoms with van der Waals surface area (Å²) in [5.41, 5.74) is 1.29. The van der Waals surface area contributed by atoms with E-state index in [9.17, 15) is 0 Å². The van der Waals surface area contributed by atoms with Gasteiger partial charge in [-0.05, 0) is 13.1 Å². The van der Waals surface area contributed by atoms with Gasteiger partial charge in [-0.25, -0.2) is 0 Å². The van der Waals surface area contributed by atoms with Crippen LogP contribution in [0.5, 0.6) is 5.75 Å². The molecule has 1 heterocycles. The van der Waals surface area contributed by atoms with Gasteiger partial charge in [0.05, 0.1) is 0 Å². The number of rotatable bonds is 0. The molecule has 1 aliphatic heterocycles. The summed E-state index contributed by atoms with van der Waals surface area (Å²) in [5.74, 6) is 1.04. The minimum Gasteiger partial charge on any atom is -0.492 e. The Labute approximate surface area is 100 Å². The van der Waals surface area contributed by atoms with Gasteiger partial charge in [0.15, 0.2) is 0 Å². The summed E-state index contributed by atoms with van der Waals surface area (Å²) in [6.07, 6.45) is 0. The quantitative estimate of drug-likeness (QED) is 0.667. The van der Waals surface area contributed by atoms with Crippen molar-refractivity contribution >= 4 is 0 Å². The van der Waals surface area contributed by atoms with Gasteiger partial charge in [-0.15, -0.1) is 0 Å². The summed E-state index contributed by atoms with van der Waals surface area (Å²) < 4.78 is 5.58. The standard InChI is InChI=1S/C10H13NO.2C2H6/c1-11-6-7-12-10-5-3-2-4-9(10)8-11;2*1-2/h2-5H,6-8H2,1H3;2*1-2H3. The van der Waals surface area contributed by atoms with Crippen LogP contribution in [0.4, 0.5) is 0 Å². The van der Waals surface area contributed by atoms with Gasteiger partial charge in [-0.3, -0.25) is 4.90 Å². The highest BCUT2D eigenvalue weighted by atomic mass is 16.5. The van der Waals surface area contributed by atoms with Gasteiger partial charge in [-0.2, -0.15) is 0 Å². The number of ether oxygens (including phenoxy) is 1. The van der Waals surface area contributed by atoms with Crippen LogP contribution in [0.1, 0.15) is 33.3 Å². The van der Waals surface area contributed by atoms with Crippen molar-refractivity contribution in [3.8, 4) is 5.75 Å². The second kappa shape index (κ2) is 9.22. The lowest BCUT2D eigenvalue weighted by molar-refractivity contribution is 0.259. The minimum absolute atomic E-state index is 0.799. The van der Waals surface area contributed by atoms with Crippen molar-refractivity contribution in [2.45, 2.75) is 34.2 Å². The Morgan fingerprint density at radius 2 is 1.69 bits per heavy atom. The van der Waals surface area contributed by atoms with Crippen LogP contribution < -0.4 is 4.74 Å². The summed E-state index contributed by atoms with van der Waals surface area (Å²) >= 11 is 0. The van der Waals surface area contributed by atoms with E-state index in [-0.39, 0.29) is 0 Å². The lowest BCUT2D eigenvalue weighted by Crippen LogP contribution is -2.20. The normalized spacial score (nSPS) is 14.1. The second-order valence-electron chi connectivity index (χ2n) is 3.19. The van der Waals surface area contributed by atoms with Crippen LogP contribution in [-0.4, -0.2) is 25.1 Å². The molecule has 0 saturated heterocycles. The maximum absolute atomic E-state index is 5.58. The predicted octanol–water partition coefficient (Wildman–Crippen LogP) is 3.56. The molecule has 0 aliphatic carbocycles. The molecule has 0 unspecified atom stereocenters. The van der Waals surface area contributed by atoms with Crippen molar-refractivity contribution in [1.29, 1.82) is 0 Å². The third-order valence-corrected chi connectivity index (χ3v) is 2.14. The zero-order valence-corrected chi connectivity index (χ0v) is 11.3. The van der Waals surface area contributed by atoms with Gasteiger partial charge in [0.1, 0.15) is 12.4 Å². The molecular weight excluding hydrogens is 198 g/mol. The van der Waals surface area contributed by atoms with Crippen molar-refractivity contribution in [2.24, 2.45) is 0 Å². The van der Waals surface area contributed by atoms with E-state index in [4.69, 9.17) is 4.74 Å². The van der Waals surface area contributed by atoms with E-state index < -0.39 is 0 Å². The van der Waals surface area contributed by atoms with Crippen LogP contribution in [0.15, 0.2) is 24.3 Å². The first-order valence-electron chi connectivity index (χ1n) is 6.25. The highest BCUT2D eigenvalue weighted by Crippen LogP contribution is 2.21. The minimum atomic E-state index is 0.799. The number of hydrogen-bond acceptors (Lipinski definition) is 2. The van der Waals surface area contributed by atoms with Crippen LogP contribution in [0, 0.1) is 0 Å². The number of likely N-dealkylation sites (N-methyl/N-ethyl adjacent to an activating group) is 1. The highest BCUT2D eigenvalue weighted by Gasteiger charge is 2.10. The fourth-order valence-corrected chi connectivity index (χ4v) is 1.46. The van der Waals surface area contributed by atoms with Crippen molar-refractivity contribution in [1.82, 2.24) is 4.90 Å². The summed E-state index contributed by atoms with van der Waals surface area (Å²) in [7, 11) is 2.12. The summed E-state index contributed by atoms with van der Waals surface area (Å²) in [6, 6.07) is 8.23. The van der Waals surface area contributed by atoms with E-state index in [0.29, 0.717) is 0 Å². The lowest BCUT2D eigenvalue weighted by Gasteiger charge is -2.10. The van der Waals surface area contributed by atoms with Crippen LogP contribution >= 0.6 is 0 Å². The van der Waals surface area contributed by atoms with Gasteiger partial charge in [-0.1, -0.05) is 45.9 Å². The molecule has 2 heteroatoms. The smallest absolute Gasteiger partial charge is 0.123 e. The lowest BCUT2D eigenvalue weighted by atomic mass is 10.2. The molecular formula is C14H25NO. The molecule has 16 heavy (non-hydrogen) atoms. The van der Waals surface area contributed by atoms with Gasteiger partial charge < -0.3 is 4.74 Å². The number of nitrogens with zero attached hydrogens (tertiary/aromatic N) is 1. The van der Waals surface area contributed by atoms with E-state index in [1.807, 2.05) is 39.8 Å². The van der Waals surface area contributed by atoms with E-state index in [1.165, 1.54) is 5.56 Å². The van der Waals surface area contributed by atoms with E-state index in [1.54, 1.807) is 0 Å². The molecule has 0 saturated carbocycles. The molecule has 0 amide bonds. The molecule has 2 rings (SSSR count). The Balaban J connectivity index is 0.000000509. The fourth-order valence-electron chi connectivity index (χ4n) is 1.46. The van der Waals surface area contributed by atoms with Crippen LogP contribution in [0.3, 0.4) is 0 Å². The third-order valence-electron chi connectivity index (χ3n) is 2.14. The van der Waals surface area contributed by atoms with Crippen molar-refractivity contribution in [3.05, 3.63) is 29.8 Å². The molecule has 92 valence electrons. The van der Waals surface area contributed by atoms with E-state index in [2.05, 4.69) is 24.1 Å². The topological polar surface area (TPSA) is 12.5 Å². The maximum Gasteiger partial charge on any atom is 0.123 e. The average Bonchev–Trinajstić information content (AvgIpc) is 2.55. The summed E-state index contributed by atoms with van der Waals surface area (Å²) in [5, 5.41) is 0. The van der Waals surface area contributed by atoms with Gasteiger partial charge in [0, 0.05) is 18.7 Å². The number of hydrogen-bond donors (Lipinski definition) is 0. The SMILES string of the molecule is CC.CC.CN1CCOc2ccccc2C1. The van der Waals surface area contributed by atoms with Crippen molar-refractivity contribution in [3.63, 3.8) is 0 Å². The molecule has 0 aromatic heterocycles. The van der Waals surface area contributed by atoms with E-state index >= 15 is 0 Å². The van der Waals surface area contributed by atoms with Crippen molar-refractivity contribution < 1.29 is 4.74 Å². The van der Waals surface area contributed by atoms with Crippen LogP contribution in [0.2, 0.25) is 0 Å². The molecule has 0 bridgehead atoms. The Bertz CT molecular complexity index is 273. The molecule has 0 N–H and O–H groups in total. The average molecular weight is 223 g/mol. The second-order valence-corrected chi connectivity index (χ2v) is 3.19. The van der Waals surface area contributed by atoms with E-state index in [0.717, 1.165) is 25.4 Å². The predicted molar refractivity (Wildman–Crippen MR) is 71.0 cm³/mol. The Morgan fingerprint density at radius 3 is 2.38 bits per heavy atom. The summed E-state index contributed by atoms with van der Waals surface area (Å²) in [6.45, 7) is 10.8. The van der Waals surface area contributed by atoms with Crippen LogP contribution in [-0.2, 0) is 6.54 Å². The monoisotopic (exact) mass is 223 g/mol. The largest absolute Gasteiger partial charge is 0.492 e. The fraction of sp³-hybridized carbons (Fsp3) is 0.571. The highest BCUT2D eigenvalue weighted by molar-refractivity contribution is 5.33. The van der Waals surface area contributed by atoms with Gasteiger partial charge in [0.25, 0.3) is 0 Å². The zero-order chi connectivity index (χ0) is 12.4. The molecule has 0 radical (unpaired) electrons. The summed E-state index contributed by atoms with van der Waals surface area (Å²) in [4.78, 5) is 2.27. The zero-order valence-electron chi connectivity index (χ0n) is 11.3. The first kappa shape index (κ1) is 15.0. The molecule has 0 fully saturated rings. The van der Waals surface area contributed by atoms with Gasteiger partial charge >= 0.3 is 0 Å². The number of para-hydroxylation sites is 1. The molecule has 1 aromatic rings. The molecule has 0 atom stereocenters. The number of fused-ring (bicyclic) bond motifs is 1. The first-order valence-corrected chi connectivity index (χ1v) is 6.25. The van der Waals surface area contributed by atoms with Gasteiger partial charge in [0.2, 0.25) is 0 Å². The Hall–Kier alpha value is -1.02.